The molecule has 2 aromatic carbocycles. The van der Waals surface area contributed by atoms with Crippen LogP contribution in [0.5, 0.6) is 0 Å². The van der Waals surface area contributed by atoms with Crippen molar-refractivity contribution in [1.82, 2.24) is 14.6 Å². The fraction of sp³-hybridized carbons (Fsp3) is 0.320. The quantitative estimate of drug-likeness (QED) is 0.290. The topological polar surface area (TPSA) is 67.5 Å². The van der Waals surface area contributed by atoms with Crippen LogP contribution in [0.3, 0.4) is 0 Å². The van der Waals surface area contributed by atoms with Crippen LogP contribution in [0.1, 0.15) is 49.4 Å². The first kappa shape index (κ1) is 21.6. The number of carbonyl (C=O) groups is 1. The molecule has 164 valence electrons. The van der Waals surface area contributed by atoms with Gasteiger partial charge in [-0.2, -0.15) is 5.10 Å². The third-order valence-electron chi connectivity index (χ3n) is 6.64. The Bertz CT molecular complexity index is 1340. The molecule has 5 rings (SSSR count). The van der Waals surface area contributed by atoms with E-state index in [9.17, 15) is 4.79 Å². The molecule has 0 bridgehead atoms. The van der Waals surface area contributed by atoms with Crippen LogP contribution in [0.2, 0.25) is 0 Å². The summed E-state index contributed by atoms with van der Waals surface area (Å²) in [4.78, 5) is 16.2. The minimum absolute atomic E-state index is 0.269. The number of rotatable bonds is 4. The molecule has 32 heavy (non-hydrogen) atoms. The number of hydrogen-bond acceptors (Lipinski definition) is 3. The number of benzene rings is 2. The molecule has 0 unspecified atom stereocenters. The Balaban J connectivity index is 1.53. The highest BCUT2D eigenvalue weighted by Gasteiger charge is 2.28. The summed E-state index contributed by atoms with van der Waals surface area (Å²) in [5, 5.41) is 16.1. The van der Waals surface area contributed by atoms with E-state index in [0.29, 0.717) is 5.92 Å². The standard InChI is InChI=1S/C25H23Br2N3O2/c1-14-23(27)24(16-4-2-15(3-5-16)10-22(31)32)29-25-21(13-28-30(14)25)19-7-6-18-12-20(26)9-8-17(18)11-19/h6-9,11-13,15-16H,2-5,10H2,1H3,(H,31,32). The van der Waals surface area contributed by atoms with Crippen LogP contribution in [-0.4, -0.2) is 25.7 Å². The number of halogens is 2. The van der Waals surface area contributed by atoms with Gasteiger partial charge in [-0.25, -0.2) is 9.50 Å². The third-order valence-corrected chi connectivity index (χ3v) is 8.11. The third kappa shape index (κ3) is 3.97. The van der Waals surface area contributed by atoms with Gasteiger partial charge in [0, 0.05) is 22.4 Å². The predicted molar refractivity (Wildman–Crippen MR) is 133 cm³/mol. The Morgan fingerprint density at radius 2 is 1.81 bits per heavy atom. The lowest BCUT2D eigenvalue weighted by atomic mass is 9.79. The summed E-state index contributed by atoms with van der Waals surface area (Å²) in [6, 6.07) is 12.7. The Kier molecular flexibility index (Phi) is 5.80. The van der Waals surface area contributed by atoms with Crippen molar-refractivity contribution in [2.75, 3.05) is 0 Å². The molecule has 0 spiro atoms. The van der Waals surface area contributed by atoms with Gasteiger partial charge in [0.25, 0.3) is 0 Å². The molecule has 2 heterocycles. The van der Waals surface area contributed by atoms with Crippen molar-refractivity contribution < 1.29 is 9.90 Å². The van der Waals surface area contributed by atoms with E-state index in [4.69, 9.17) is 10.1 Å². The van der Waals surface area contributed by atoms with Gasteiger partial charge in [-0.1, -0.05) is 34.1 Å². The zero-order valence-electron chi connectivity index (χ0n) is 17.7. The number of nitrogens with zero attached hydrogens (tertiary/aromatic N) is 3. The molecular formula is C25H23Br2N3O2. The van der Waals surface area contributed by atoms with Gasteiger partial charge in [0.05, 0.1) is 22.1 Å². The molecule has 2 aromatic heterocycles. The molecule has 1 N–H and O–H groups in total. The Hall–Kier alpha value is -2.25. The van der Waals surface area contributed by atoms with Crippen LogP contribution >= 0.6 is 31.9 Å². The maximum absolute atomic E-state index is 11.1. The Labute approximate surface area is 203 Å². The first-order valence-electron chi connectivity index (χ1n) is 10.9. The molecule has 0 atom stereocenters. The second-order valence-electron chi connectivity index (χ2n) is 8.71. The van der Waals surface area contributed by atoms with Crippen molar-refractivity contribution in [3.63, 3.8) is 0 Å². The van der Waals surface area contributed by atoms with E-state index in [1.54, 1.807) is 0 Å². The van der Waals surface area contributed by atoms with Crippen LogP contribution in [0.25, 0.3) is 27.5 Å². The fourth-order valence-electron chi connectivity index (χ4n) is 4.88. The highest BCUT2D eigenvalue weighted by Crippen LogP contribution is 2.40. The van der Waals surface area contributed by atoms with E-state index in [1.165, 1.54) is 10.8 Å². The Morgan fingerprint density at radius 3 is 2.56 bits per heavy atom. The smallest absolute Gasteiger partial charge is 0.303 e. The van der Waals surface area contributed by atoms with Crippen LogP contribution in [0.4, 0.5) is 0 Å². The molecule has 1 aliphatic rings. The number of aliphatic carboxylic acids is 1. The number of aromatic nitrogens is 3. The lowest BCUT2D eigenvalue weighted by Gasteiger charge is -2.28. The molecule has 5 nitrogen and oxygen atoms in total. The number of fused-ring (bicyclic) bond motifs is 2. The largest absolute Gasteiger partial charge is 0.481 e. The second-order valence-corrected chi connectivity index (χ2v) is 10.4. The molecule has 7 heteroatoms. The molecule has 0 saturated heterocycles. The van der Waals surface area contributed by atoms with Crippen molar-refractivity contribution in [1.29, 1.82) is 0 Å². The molecule has 4 aromatic rings. The lowest BCUT2D eigenvalue weighted by molar-refractivity contribution is -0.138. The van der Waals surface area contributed by atoms with E-state index < -0.39 is 5.97 Å². The van der Waals surface area contributed by atoms with Crippen LogP contribution in [0.15, 0.2) is 51.5 Å². The molecule has 1 fully saturated rings. The summed E-state index contributed by atoms with van der Waals surface area (Å²) in [6.45, 7) is 2.06. The maximum atomic E-state index is 11.1. The number of hydrogen-bond donors (Lipinski definition) is 1. The SMILES string of the molecule is Cc1c(Br)c(C2CCC(CC(=O)O)CC2)nc2c(-c3ccc4cc(Br)ccc4c3)cnn12. The van der Waals surface area contributed by atoms with E-state index >= 15 is 0 Å². The molecule has 1 saturated carbocycles. The minimum Gasteiger partial charge on any atom is -0.481 e. The first-order valence-corrected chi connectivity index (χ1v) is 12.4. The van der Waals surface area contributed by atoms with E-state index in [-0.39, 0.29) is 12.3 Å². The molecule has 0 radical (unpaired) electrons. The zero-order valence-corrected chi connectivity index (χ0v) is 20.9. The summed E-state index contributed by atoms with van der Waals surface area (Å²) in [5.74, 6) is -0.0954. The zero-order chi connectivity index (χ0) is 22.4. The number of aryl methyl sites for hydroxylation is 1. The van der Waals surface area contributed by atoms with Crippen LogP contribution < -0.4 is 0 Å². The molecular weight excluding hydrogens is 534 g/mol. The van der Waals surface area contributed by atoms with Crippen molar-refractivity contribution in [2.45, 2.75) is 44.9 Å². The highest BCUT2D eigenvalue weighted by molar-refractivity contribution is 9.10. The van der Waals surface area contributed by atoms with Gasteiger partial charge in [0.2, 0.25) is 0 Å². The van der Waals surface area contributed by atoms with Gasteiger partial charge in [-0.15, -0.1) is 0 Å². The normalized spacial score (nSPS) is 19.0. The van der Waals surface area contributed by atoms with E-state index in [1.807, 2.05) is 10.7 Å². The second kappa shape index (κ2) is 8.60. The summed E-state index contributed by atoms with van der Waals surface area (Å²) in [7, 11) is 0. The number of carboxylic acid groups (broad SMARTS) is 1. The van der Waals surface area contributed by atoms with Crippen molar-refractivity contribution in [2.24, 2.45) is 5.92 Å². The minimum atomic E-state index is -0.698. The predicted octanol–water partition coefficient (Wildman–Crippen LogP) is 7.13. The van der Waals surface area contributed by atoms with Crippen molar-refractivity contribution in [3.8, 4) is 11.1 Å². The van der Waals surface area contributed by atoms with Crippen LogP contribution in [0, 0.1) is 12.8 Å². The van der Waals surface area contributed by atoms with Crippen LogP contribution in [-0.2, 0) is 4.79 Å². The van der Waals surface area contributed by atoms with Gasteiger partial charge in [0.15, 0.2) is 5.65 Å². The van der Waals surface area contributed by atoms with Gasteiger partial charge < -0.3 is 5.11 Å². The van der Waals surface area contributed by atoms with Gasteiger partial charge >= 0.3 is 5.97 Å². The average Bonchev–Trinajstić information content (AvgIpc) is 3.20. The number of carboxylic acids is 1. The van der Waals surface area contributed by atoms with Gasteiger partial charge in [0.1, 0.15) is 0 Å². The van der Waals surface area contributed by atoms with Crippen molar-refractivity contribution >= 4 is 54.2 Å². The first-order chi connectivity index (χ1) is 15.4. The Morgan fingerprint density at radius 1 is 1.09 bits per heavy atom. The molecule has 1 aliphatic carbocycles. The van der Waals surface area contributed by atoms with E-state index in [0.717, 1.165) is 62.8 Å². The fourth-order valence-corrected chi connectivity index (χ4v) is 5.84. The molecule has 0 aliphatic heterocycles. The summed E-state index contributed by atoms with van der Waals surface area (Å²) in [6.07, 6.45) is 5.96. The van der Waals surface area contributed by atoms with Gasteiger partial charge in [-0.3, -0.25) is 4.79 Å². The van der Waals surface area contributed by atoms with Gasteiger partial charge in [-0.05, 0) is 89.0 Å². The summed E-state index contributed by atoms with van der Waals surface area (Å²) < 4.78 is 3.98. The summed E-state index contributed by atoms with van der Waals surface area (Å²) in [5.41, 5.74) is 5.08. The highest BCUT2D eigenvalue weighted by atomic mass is 79.9. The molecule has 0 amide bonds. The monoisotopic (exact) mass is 555 g/mol. The van der Waals surface area contributed by atoms with E-state index in [2.05, 4.69) is 80.3 Å². The summed E-state index contributed by atoms with van der Waals surface area (Å²) >= 11 is 7.32. The lowest BCUT2D eigenvalue weighted by Crippen LogP contribution is -2.18. The average molecular weight is 557 g/mol. The van der Waals surface area contributed by atoms with Crippen molar-refractivity contribution in [3.05, 3.63) is 62.9 Å². The maximum Gasteiger partial charge on any atom is 0.303 e.